The van der Waals surface area contributed by atoms with Gasteiger partial charge in [0, 0.05) is 20.5 Å². The van der Waals surface area contributed by atoms with Gasteiger partial charge >= 0.3 is 5.69 Å². The van der Waals surface area contributed by atoms with Gasteiger partial charge in [-0.2, -0.15) is 0 Å². The van der Waals surface area contributed by atoms with Crippen molar-refractivity contribution in [1.82, 2.24) is 9.13 Å². The summed E-state index contributed by atoms with van der Waals surface area (Å²) in [6.07, 6.45) is 0.877. The topological polar surface area (TPSA) is 87.1 Å². The third-order valence-electron chi connectivity index (χ3n) is 2.47. The summed E-state index contributed by atoms with van der Waals surface area (Å²) >= 11 is 0. The number of nitrogen functional groups attached to an aromatic ring is 1. The molecule has 0 saturated heterocycles. The van der Waals surface area contributed by atoms with Crippen molar-refractivity contribution in [3.8, 4) is 0 Å². The quantitative estimate of drug-likeness (QED) is 0.712. The lowest BCUT2D eigenvalue weighted by atomic mass is 10.1. The van der Waals surface area contributed by atoms with E-state index in [9.17, 15) is 14.4 Å². The van der Waals surface area contributed by atoms with Crippen molar-refractivity contribution >= 4 is 11.6 Å². The molecule has 0 aliphatic carbocycles. The summed E-state index contributed by atoms with van der Waals surface area (Å²) in [5.41, 5.74) is 4.36. The Morgan fingerprint density at radius 1 is 1.25 bits per heavy atom. The molecule has 88 valence electrons. The lowest BCUT2D eigenvalue weighted by Gasteiger charge is -2.10. The second-order valence-corrected chi connectivity index (χ2v) is 3.64. The van der Waals surface area contributed by atoms with Crippen LogP contribution in [0.4, 0.5) is 5.82 Å². The molecule has 1 aromatic heterocycles. The average Bonchev–Trinajstić information content (AvgIpc) is 2.24. The molecule has 1 aromatic rings. The Bertz CT molecular complexity index is 539. The van der Waals surface area contributed by atoms with Crippen molar-refractivity contribution in [1.29, 1.82) is 0 Å². The monoisotopic (exact) mass is 225 g/mol. The Morgan fingerprint density at radius 3 is 2.31 bits per heavy atom. The van der Waals surface area contributed by atoms with Crippen LogP contribution >= 0.6 is 0 Å². The van der Waals surface area contributed by atoms with E-state index in [-0.39, 0.29) is 23.6 Å². The van der Waals surface area contributed by atoms with Crippen molar-refractivity contribution in [3.63, 3.8) is 0 Å². The Balaban J connectivity index is 3.59. The first-order valence-electron chi connectivity index (χ1n) is 5.00. The van der Waals surface area contributed by atoms with Gasteiger partial charge < -0.3 is 5.73 Å². The van der Waals surface area contributed by atoms with E-state index >= 15 is 0 Å². The molecule has 0 aliphatic heterocycles. The number of nitrogens with zero attached hydrogens (tertiary/aromatic N) is 2. The Hall–Kier alpha value is -1.85. The van der Waals surface area contributed by atoms with Gasteiger partial charge in [-0.25, -0.2) is 4.79 Å². The Morgan fingerprint density at radius 2 is 1.81 bits per heavy atom. The molecule has 0 amide bonds. The normalized spacial score (nSPS) is 10.4. The summed E-state index contributed by atoms with van der Waals surface area (Å²) < 4.78 is 1.99. The summed E-state index contributed by atoms with van der Waals surface area (Å²) in [6, 6.07) is 0. The summed E-state index contributed by atoms with van der Waals surface area (Å²) in [5, 5.41) is 0. The van der Waals surface area contributed by atoms with E-state index in [0.717, 1.165) is 9.13 Å². The van der Waals surface area contributed by atoms with Crippen molar-refractivity contribution in [2.45, 2.75) is 19.8 Å². The van der Waals surface area contributed by atoms with Gasteiger partial charge in [-0.1, -0.05) is 6.92 Å². The molecule has 0 saturated carbocycles. The number of Topliss-reactive ketones (excluding diaryl/α,β-unsaturated/α-hetero) is 1. The molecule has 0 radical (unpaired) electrons. The Labute approximate surface area is 92.3 Å². The Kier molecular flexibility index (Phi) is 3.31. The number of carbonyl (C=O) groups is 1. The molecule has 16 heavy (non-hydrogen) atoms. The predicted molar refractivity (Wildman–Crippen MR) is 60.6 cm³/mol. The highest BCUT2D eigenvalue weighted by Crippen LogP contribution is 2.07. The summed E-state index contributed by atoms with van der Waals surface area (Å²) in [6.45, 7) is 1.83. The summed E-state index contributed by atoms with van der Waals surface area (Å²) in [7, 11) is 2.76. The minimum atomic E-state index is -0.626. The van der Waals surface area contributed by atoms with Crippen LogP contribution in [0.3, 0.4) is 0 Å². The van der Waals surface area contributed by atoms with Crippen LogP contribution in [0.5, 0.6) is 0 Å². The lowest BCUT2D eigenvalue weighted by molar-refractivity contribution is 0.0980. The lowest BCUT2D eigenvalue weighted by Crippen LogP contribution is -2.41. The van der Waals surface area contributed by atoms with E-state index in [0.29, 0.717) is 6.42 Å². The number of rotatable bonds is 3. The second-order valence-electron chi connectivity index (χ2n) is 3.64. The zero-order valence-electron chi connectivity index (χ0n) is 9.61. The third-order valence-corrected chi connectivity index (χ3v) is 2.47. The molecule has 0 unspecified atom stereocenters. The van der Waals surface area contributed by atoms with E-state index in [1.807, 2.05) is 6.92 Å². The maximum absolute atomic E-state index is 11.7. The number of hydrogen-bond donors (Lipinski definition) is 1. The maximum Gasteiger partial charge on any atom is 0.332 e. The van der Waals surface area contributed by atoms with Gasteiger partial charge in [0.1, 0.15) is 11.4 Å². The first-order chi connectivity index (χ1) is 7.41. The van der Waals surface area contributed by atoms with E-state index in [1.165, 1.54) is 14.1 Å². The van der Waals surface area contributed by atoms with Crippen molar-refractivity contribution < 1.29 is 4.79 Å². The summed E-state index contributed by atoms with van der Waals surface area (Å²) in [4.78, 5) is 34.9. The van der Waals surface area contributed by atoms with Gasteiger partial charge in [0.15, 0.2) is 5.78 Å². The molecule has 6 heteroatoms. The van der Waals surface area contributed by atoms with Crippen LogP contribution in [0.1, 0.15) is 30.1 Å². The molecular weight excluding hydrogens is 210 g/mol. The predicted octanol–water partition coefficient (Wildman–Crippen LogP) is -0.351. The molecule has 0 aliphatic rings. The van der Waals surface area contributed by atoms with Crippen molar-refractivity contribution in [2.24, 2.45) is 14.1 Å². The van der Waals surface area contributed by atoms with E-state index < -0.39 is 11.2 Å². The van der Waals surface area contributed by atoms with Crippen LogP contribution in [-0.4, -0.2) is 14.9 Å². The van der Waals surface area contributed by atoms with Gasteiger partial charge in [-0.05, 0) is 6.42 Å². The molecule has 0 aromatic carbocycles. The fourth-order valence-electron chi connectivity index (χ4n) is 1.47. The molecule has 0 atom stereocenters. The largest absolute Gasteiger partial charge is 0.384 e. The van der Waals surface area contributed by atoms with Gasteiger partial charge in [0.05, 0.1) is 0 Å². The average molecular weight is 225 g/mol. The van der Waals surface area contributed by atoms with Crippen LogP contribution in [0.15, 0.2) is 9.59 Å². The fraction of sp³-hybridized carbons (Fsp3) is 0.500. The number of ketones is 1. The fourth-order valence-corrected chi connectivity index (χ4v) is 1.47. The zero-order valence-corrected chi connectivity index (χ0v) is 9.61. The van der Waals surface area contributed by atoms with Gasteiger partial charge in [-0.15, -0.1) is 0 Å². The first kappa shape index (κ1) is 12.2. The van der Waals surface area contributed by atoms with Crippen molar-refractivity contribution in [2.75, 3.05) is 5.73 Å². The van der Waals surface area contributed by atoms with Crippen LogP contribution in [0.25, 0.3) is 0 Å². The SMILES string of the molecule is CCCC(=O)c1c(N)n(C)c(=O)n(C)c1=O. The molecule has 0 bridgehead atoms. The smallest absolute Gasteiger partial charge is 0.332 e. The number of hydrogen-bond acceptors (Lipinski definition) is 4. The third kappa shape index (κ3) is 1.78. The standard InChI is InChI=1S/C10H15N3O3/c1-4-5-6(14)7-8(11)12(2)10(16)13(3)9(7)15/h4-5,11H2,1-3H3. The highest BCUT2D eigenvalue weighted by Gasteiger charge is 2.18. The minimum absolute atomic E-state index is 0.0634. The number of nitrogens with two attached hydrogens (primary N) is 1. The van der Waals surface area contributed by atoms with E-state index in [1.54, 1.807) is 0 Å². The minimum Gasteiger partial charge on any atom is -0.384 e. The number of anilines is 1. The molecule has 6 nitrogen and oxygen atoms in total. The molecule has 1 heterocycles. The maximum atomic E-state index is 11.7. The highest BCUT2D eigenvalue weighted by molar-refractivity contribution is 5.99. The van der Waals surface area contributed by atoms with Crippen molar-refractivity contribution in [3.05, 3.63) is 26.4 Å². The van der Waals surface area contributed by atoms with E-state index in [4.69, 9.17) is 5.73 Å². The molecular formula is C10H15N3O3. The van der Waals surface area contributed by atoms with E-state index in [2.05, 4.69) is 0 Å². The number of carbonyl (C=O) groups excluding carboxylic acids is 1. The molecule has 0 fully saturated rings. The zero-order chi connectivity index (χ0) is 12.5. The second kappa shape index (κ2) is 4.34. The molecule has 0 spiro atoms. The van der Waals surface area contributed by atoms with Crippen LogP contribution in [0, 0.1) is 0 Å². The van der Waals surface area contributed by atoms with Crippen LogP contribution in [-0.2, 0) is 14.1 Å². The summed E-state index contributed by atoms with van der Waals surface area (Å²) in [5.74, 6) is -0.386. The highest BCUT2D eigenvalue weighted by atomic mass is 16.2. The van der Waals surface area contributed by atoms with Gasteiger partial charge in [0.2, 0.25) is 0 Å². The first-order valence-corrected chi connectivity index (χ1v) is 5.00. The molecule has 1 rings (SSSR count). The van der Waals surface area contributed by atoms with Gasteiger partial charge in [0.25, 0.3) is 5.56 Å². The van der Waals surface area contributed by atoms with Crippen LogP contribution in [0.2, 0.25) is 0 Å². The molecule has 2 N–H and O–H groups in total. The van der Waals surface area contributed by atoms with Crippen LogP contribution < -0.4 is 17.0 Å². The number of aromatic nitrogens is 2. The van der Waals surface area contributed by atoms with Gasteiger partial charge in [-0.3, -0.25) is 18.7 Å².